The van der Waals surface area contributed by atoms with Gasteiger partial charge >= 0.3 is 0 Å². The van der Waals surface area contributed by atoms with E-state index in [1.165, 1.54) is 22.6 Å². The van der Waals surface area contributed by atoms with Crippen LogP contribution in [0.4, 0.5) is 0 Å². The first kappa shape index (κ1) is 23.9. The Kier molecular flexibility index (Phi) is 6.89. The van der Waals surface area contributed by atoms with Crippen molar-refractivity contribution in [3.63, 3.8) is 0 Å². The Hall–Kier alpha value is -2.77. The van der Waals surface area contributed by atoms with Gasteiger partial charge in [0.1, 0.15) is 0 Å². The first-order valence-electron chi connectivity index (χ1n) is 12.6. The number of hydrogen-bond acceptors (Lipinski definition) is 5. The van der Waals surface area contributed by atoms with E-state index in [0.29, 0.717) is 24.6 Å². The Morgan fingerprint density at radius 3 is 2.60 bits per heavy atom. The van der Waals surface area contributed by atoms with Crippen LogP contribution >= 0.6 is 11.3 Å². The summed E-state index contributed by atoms with van der Waals surface area (Å²) in [6.07, 6.45) is 6.17. The van der Waals surface area contributed by atoms with Crippen molar-refractivity contribution in [3.05, 3.63) is 84.2 Å². The fourth-order valence-electron chi connectivity index (χ4n) is 5.52. The normalized spacial score (nSPS) is 17.1. The molecule has 0 saturated carbocycles. The van der Waals surface area contributed by atoms with Crippen molar-refractivity contribution in [2.45, 2.75) is 59.5 Å². The number of thiophene rings is 1. The molecule has 1 fully saturated rings. The average Bonchev–Trinajstić information content (AvgIpc) is 3.15. The molecule has 7 heteroatoms. The number of rotatable bonds is 6. The van der Waals surface area contributed by atoms with Crippen LogP contribution in [0.1, 0.15) is 61.0 Å². The van der Waals surface area contributed by atoms with Crippen molar-refractivity contribution < 1.29 is 4.79 Å². The van der Waals surface area contributed by atoms with Crippen LogP contribution in [0, 0.1) is 26.7 Å². The maximum Gasteiger partial charge on any atom is 0.255 e. The van der Waals surface area contributed by atoms with Gasteiger partial charge in [-0.05, 0) is 88.4 Å². The molecule has 0 aromatic carbocycles. The van der Waals surface area contributed by atoms with Gasteiger partial charge in [-0.1, -0.05) is 6.07 Å². The summed E-state index contributed by atoms with van der Waals surface area (Å²) in [6.45, 7) is 10.1. The highest BCUT2D eigenvalue weighted by molar-refractivity contribution is 7.12. The molecule has 0 spiro atoms. The maximum absolute atomic E-state index is 13.5. The van der Waals surface area contributed by atoms with Gasteiger partial charge in [0, 0.05) is 46.7 Å². The van der Waals surface area contributed by atoms with Crippen molar-refractivity contribution in [2.24, 2.45) is 5.92 Å². The molecule has 184 valence electrons. The molecule has 0 unspecified atom stereocenters. The second kappa shape index (κ2) is 10.1. The smallest absolute Gasteiger partial charge is 0.255 e. The highest BCUT2D eigenvalue weighted by Crippen LogP contribution is 2.36. The summed E-state index contributed by atoms with van der Waals surface area (Å²) in [7, 11) is 0. The molecule has 0 aliphatic carbocycles. The van der Waals surface area contributed by atoms with Crippen LogP contribution in [0.15, 0.2) is 35.3 Å². The molecule has 1 saturated heterocycles. The van der Waals surface area contributed by atoms with E-state index in [0.717, 1.165) is 60.6 Å². The van der Waals surface area contributed by atoms with Gasteiger partial charge in [0.25, 0.3) is 11.5 Å². The number of likely N-dealkylation sites (tertiary alicyclic amines) is 1. The predicted octanol–water partition coefficient (Wildman–Crippen LogP) is 4.41. The maximum atomic E-state index is 13.5. The minimum Gasteiger partial charge on any atom is -0.334 e. The van der Waals surface area contributed by atoms with E-state index in [9.17, 15) is 9.59 Å². The fourth-order valence-corrected chi connectivity index (χ4v) is 6.93. The molecule has 2 aliphatic rings. The molecular weight excluding hydrogens is 456 g/mol. The lowest BCUT2D eigenvalue weighted by Gasteiger charge is -2.31. The van der Waals surface area contributed by atoms with E-state index in [-0.39, 0.29) is 11.5 Å². The molecule has 0 atom stereocenters. The summed E-state index contributed by atoms with van der Waals surface area (Å²) in [5.41, 5.74) is 5.59. The van der Waals surface area contributed by atoms with Gasteiger partial charge < -0.3 is 9.88 Å². The summed E-state index contributed by atoms with van der Waals surface area (Å²) in [5, 5.41) is 0. The van der Waals surface area contributed by atoms with E-state index in [1.54, 1.807) is 0 Å². The molecule has 0 radical (unpaired) electrons. The Labute approximate surface area is 211 Å². The zero-order chi connectivity index (χ0) is 24.5. The number of hydrogen-bond donors (Lipinski definition) is 1. The largest absolute Gasteiger partial charge is 0.334 e. The predicted molar refractivity (Wildman–Crippen MR) is 140 cm³/mol. The average molecular weight is 491 g/mol. The molecule has 3 aromatic heterocycles. The Balaban J connectivity index is 1.23. The second-order valence-corrected chi connectivity index (χ2v) is 11.3. The summed E-state index contributed by atoms with van der Waals surface area (Å²) < 4.78 is 0. The first-order chi connectivity index (χ1) is 16.9. The molecule has 5 rings (SSSR count). The van der Waals surface area contributed by atoms with Gasteiger partial charge in [-0.3, -0.25) is 19.5 Å². The van der Waals surface area contributed by atoms with Crippen molar-refractivity contribution in [2.75, 3.05) is 19.6 Å². The topological polar surface area (TPSA) is 69.3 Å². The van der Waals surface area contributed by atoms with E-state index >= 15 is 0 Å². The van der Waals surface area contributed by atoms with Gasteiger partial charge in [0.05, 0.1) is 17.8 Å². The van der Waals surface area contributed by atoms with E-state index in [2.05, 4.69) is 33.9 Å². The number of aromatic nitrogens is 2. The molecule has 2 aliphatic heterocycles. The highest BCUT2D eigenvalue weighted by Gasteiger charge is 2.31. The van der Waals surface area contributed by atoms with Gasteiger partial charge in [-0.2, -0.15) is 0 Å². The highest BCUT2D eigenvalue weighted by atomic mass is 32.1. The summed E-state index contributed by atoms with van der Waals surface area (Å²) >= 11 is 1.84. The number of amides is 1. The lowest BCUT2D eigenvalue weighted by Crippen LogP contribution is -2.38. The molecule has 1 amide bonds. The Morgan fingerprint density at radius 1 is 1.09 bits per heavy atom. The van der Waals surface area contributed by atoms with Gasteiger partial charge in [-0.15, -0.1) is 11.3 Å². The quantitative estimate of drug-likeness (QED) is 0.556. The van der Waals surface area contributed by atoms with Crippen molar-refractivity contribution in [1.82, 2.24) is 19.8 Å². The third-order valence-corrected chi connectivity index (χ3v) is 8.94. The Bertz CT molecular complexity index is 1270. The number of aryl methyl sites for hydroxylation is 2. The monoisotopic (exact) mass is 490 g/mol. The number of aromatic amines is 1. The van der Waals surface area contributed by atoms with E-state index < -0.39 is 0 Å². The number of nitrogens with one attached hydrogen (secondary N) is 1. The third kappa shape index (κ3) is 5.11. The number of piperidine rings is 1. The van der Waals surface area contributed by atoms with Crippen LogP contribution in [0.25, 0.3) is 0 Å². The minimum atomic E-state index is -0.0850. The fraction of sp³-hybridized carbons (Fsp3) is 0.464. The number of pyridine rings is 2. The zero-order valence-electron chi connectivity index (χ0n) is 20.9. The first-order valence-corrected chi connectivity index (χ1v) is 13.4. The van der Waals surface area contributed by atoms with E-state index in [1.807, 2.05) is 48.4 Å². The minimum absolute atomic E-state index is 0.0794. The molecule has 5 heterocycles. The summed E-state index contributed by atoms with van der Waals surface area (Å²) in [5.74, 6) is 0.740. The van der Waals surface area contributed by atoms with E-state index in [4.69, 9.17) is 0 Å². The Morgan fingerprint density at radius 2 is 1.89 bits per heavy atom. The van der Waals surface area contributed by atoms with Crippen LogP contribution in [0.3, 0.4) is 0 Å². The number of carbonyl (C=O) groups excluding carboxylic acids is 1. The van der Waals surface area contributed by atoms with Crippen LogP contribution in [-0.2, 0) is 25.9 Å². The number of nitrogens with zero attached hydrogens (tertiary/aromatic N) is 3. The number of carbonyl (C=O) groups is 1. The lowest BCUT2D eigenvalue weighted by atomic mass is 9.91. The van der Waals surface area contributed by atoms with Crippen molar-refractivity contribution >= 4 is 17.2 Å². The molecule has 0 bridgehead atoms. The zero-order valence-corrected chi connectivity index (χ0v) is 21.7. The second-order valence-electron chi connectivity index (χ2n) is 10.1. The van der Waals surface area contributed by atoms with Crippen molar-refractivity contribution in [1.29, 1.82) is 0 Å². The van der Waals surface area contributed by atoms with Crippen LogP contribution < -0.4 is 5.56 Å². The molecule has 35 heavy (non-hydrogen) atoms. The van der Waals surface area contributed by atoms with Crippen LogP contribution in [0.2, 0.25) is 0 Å². The molecule has 1 N–H and O–H groups in total. The van der Waals surface area contributed by atoms with Gasteiger partial charge in [0.2, 0.25) is 0 Å². The summed E-state index contributed by atoms with van der Waals surface area (Å²) in [6, 6.07) is 8.10. The molecule has 3 aromatic rings. The van der Waals surface area contributed by atoms with Crippen LogP contribution in [-0.4, -0.2) is 45.3 Å². The molecular formula is C28H34N4O2S. The lowest BCUT2D eigenvalue weighted by molar-refractivity contribution is 0.0727. The third-order valence-electron chi connectivity index (χ3n) is 7.56. The van der Waals surface area contributed by atoms with Crippen LogP contribution in [0.5, 0.6) is 0 Å². The van der Waals surface area contributed by atoms with Gasteiger partial charge in [0.15, 0.2) is 0 Å². The SMILES string of the molecule is Cc1cc(C)c(CN2CCc3sc(CC4CCN(Cc5ccccn5)CC4)c(C)c3C2=O)c(=O)[nH]1. The summed E-state index contributed by atoms with van der Waals surface area (Å²) in [4.78, 5) is 40.3. The molecule has 6 nitrogen and oxygen atoms in total. The van der Waals surface area contributed by atoms with Crippen molar-refractivity contribution in [3.8, 4) is 0 Å². The van der Waals surface area contributed by atoms with Gasteiger partial charge in [-0.25, -0.2) is 0 Å². The number of H-pyrrole nitrogens is 1. The number of fused-ring (bicyclic) bond motifs is 1. The standard InChI is InChI=1S/C28H34N4O2S/c1-18-14-19(2)30-27(33)23(18)17-32-13-9-24-26(28(32)34)20(3)25(35-24)15-21-7-11-31(12-8-21)16-22-6-4-5-10-29-22/h4-6,10,14,21H,7-9,11-13,15-17H2,1-3H3,(H,30,33).